The van der Waals surface area contributed by atoms with Crippen LogP contribution in [-0.2, 0) is 0 Å². The van der Waals surface area contributed by atoms with Crippen LogP contribution in [0.3, 0.4) is 0 Å². The molecule has 0 bridgehead atoms. The molecule has 0 aliphatic rings. The molecule has 0 saturated heterocycles. The highest BCUT2D eigenvalue weighted by Crippen LogP contribution is 2.24. The average molecular weight is 230 g/mol. The molecular formula is C12H8ClN3. The predicted molar refractivity (Wildman–Crippen MR) is 64.3 cm³/mol. The second-order valence-electron chi connectivity index (χ2n) is 3.56. The molecule has 0 radical (unpaired) electrons. The number of aromatic amines is 1. The van der Waals surface area contributed by atoms with E-state index in [1.807, 2.05) is 24.4 Å². The summed E-state index contributed by atoms with van der Waals surface area (Å²) in [7, 11) is 0. The highest BCUT2D eigenvalue weighted by Gasteiger charge is 2.01. The number of aromatic nitrogens is 3. The Morgan fingerprint density at radius 3 is 2.75 bits per heavy atom. The fourth-order valence-electron chi connectivity index (χ4n) is 1.70. The van der Waals surface area contributed by atoms with E-state index in [1.54, 1.807) is 12.4 Å². The van der Waals surface area contributed by atoms with Crippen molar-refractivity contribution in [2.75, 3.05) is 0 Å². The Bertz CT molecular complexity index is 632. The summed E-state index contributed by atoms with van der Waals surface area (Å²) in [6, 6.07) is 8.01. The summed E-state index contributed by atoms with van der Waals surface area (Å²) in [5.74, 6) is 0. The number of pyridine rings is 1. The third-order valence-corrected chi connectivity index (χ3v) is 2.73. The summed E-state index contributed by atoms with van der Waals surface area (Å²) >= 11 is 5.87. The molecule has 4 heteroatoms. The topological polar surface area (TPSA) is 41.6 Å². The number of fused-ring (bicyclic) bond motifs is 1. The van der Waals surface area contributed by atoms with Crippen molar-refractivity contribution in [3.8, 4) is 11.1 Å². The molecule has 2 heterocycles. The van der Waals surface area contributed by atoms with Crippen molar-refractivity contribution in [3.05, 3.63) is 48.0 Å². The third-order valence-electron chi connectivity index (χ3n) is 2.52. The van der Waals surface area contributed by atoms with Gasteiger partial charge in [0.1, 0.15) is 5.15 Å². The van der Waals surface area contributed by atoms with Crippen molar-refractivity contribution in [3.63, 3.8) is 0 Å². The van der Waals surface area contributed by atoms with Gasteiger partial charge in [-0.25, -0.2) is 4.98 Å². The van der Waals surface area contributed by atoms with E-state index >= 15 is 0 Å². The van der Waals surface area contributed by atoms with Crippen LogP contribution in [0.2, 0.25) is 5.15 Å². The molecule has 0 spiro atoms. The number of benzene rings is 1. The lowest BCUT2D eigenvalue weighted by Crippen LogP contribution is -1.79. The fraction of sp³-hybridized carbons (Fsp3) is 0. The van der Waals surface area contributed by atoms with Crippen molar-refractivity contribution >= 4 is 22.4 Å². The van der Waals surface area contributed by atoms with E-state index in [-0.39, 0.29) is 0 Å². The van der Waals surface area contributed by atoms with Gasteiger partial charge in [0.25, 0.3) is 0 Å². The van der Waals surface area contributed by atoms with Gasteiger partial charge in [-0.2, -0.15) is 5.10 Å². The molecule has 0 atom stereocenters. The minimum Gasteiger partial charge on any atom is -0.285 e. The molecule has 0 saturated carbocycles. The first-order chi connectivity index (χ1) is 7.83. The van der Waals surface area contributed by atoms with Crippen LogP contribution in [0.5, 0.6) is 0 Å². The smallest absolute Gasteiger partial charge is 0.129 e. The minimum absolute atomic E-state index is 0.511. The molecule has 16 heavy (non-hydrogen) atoms. The number of rotatable bonds is 1. The summed E-state index contributed by atoms with van der Waals surface area (Å²) in [6.45, 7) is 0. The molecule has 1 N–H and O–H groups in total. The monoisotopic (exact) mass is 229 g/mol. The van der Waals surface area contributed by atoms with Crippen LogP contribution >= 0.6 is 11.6 Å². The van der Waals surface area contributed by atoms with Crippen molar-refractivity contribution in [1.82, 2.24) is 15.2 Å². The molecule has 78 valence electrons. The van der Waals surface area contributed by atoms with E-state index in [9.17, 15) is 0 Å². The maximum Gasteiger partial charge on any atom is 0.129 e. The van der Waals surface area contributed by atoms with E-state index in [0.29, 0.717) is 5.15 Å². The van der Waals surface area contributed by atoms with Crippen LogP contribution in [0.25, 0.3) is 21.9 Å². The number of nitrogens with zero attached hydrogens (tertiary/aromatic N) is 2. The van der Waals surface area contributed by atoms with Crippen LogP contribution < -0.4 is 0 Å². The van der Waals surface area contributed by atoms with Crippen LogP contribution in [0.1, 0.15) is 0 Å². The lowest BCUT2D eigenvalue weighted by atomic mass is 10.1. The molecule has 3 rings (SSSR count). The third kappa shape index (κ3) is 1.55. The number of hydrogen-bond donors (Lipinski definition) is 1. The van der Waals surface area contributed by atoms with E-state index < -0.39 is 0 Å². The van der Waals surface area contributed by atoms with Gasteiger partial charge in [0.05, 0.1) is 6.20 Å². The Kier molecular flexibility index (Phi) is 2.11. The van der Waals surface area contributed by atoms with Crippen LogP contribution in [0.4, 0.5) is 0 Å². The summed E-state index contributed by atoms with van der Waals surface area (Å²) in [4.78, 5) is 4.05. The van der Waals surface area contributed by atoms with Gasteiger partial charge in [0.15, 0.2) is 0 Å². The second kappa shape index (κ2) is 3.61. The quantitative estimate of drug-likeness (QED) is 0.651. The number of hydrogen-bond acceptors (Lipinski definition) is 2. The largest absolute Gasteiger partial charge is 0.285 e. The Hall–Kier alpha value is -1.87. The first kappa shape index (κ1) is 9.36. The summed E-state index contributed by atoms with van der Waals surface area (Å²) in [5.41, 5.74) is 2.18. The number of halogens is 1. The normalized spacial score (nSPS) is 10.8. The van der Waals surface area contributed by atoms with Crippen LogP contribution in [0, 0.1) is 0 Å². The molecule has 1 aromatic carbocycles. The maximum absolute atomic E-state index is 5.87. The molecule has 3 aromatic rings. The minimum atomic E-state index is 0.511. The van der Waals surface area contributed by atoms with Gasteiger partial charge in [-0.05, 0) is 23.1 Å². The van der Waals surface area contributed by atoms with E-state index in [2.05, 4.69) is 21.2 Å². The van der Waals surface area contributed by atoms with Crippen LogP contribution in [0.15, 0.2) is 42.9 Å². The standard InChI is InChI=1S/C12H8ClN3/c13-12-4-10-3-8(11-6-15-16-7-11)1-2-9(10)5-14-12/h1-7H,(H,15,16). The van der Waals surface area contributed by atoms with E-state index in [1.165, 1.54) is 0 Å². The molecule has 0 aliphatic heterocycles. The van der Waals surface area contributed by atoms with Gasteiger partial charge in [0, 0.05) is 23.3 Å². The molecule has 0 unspecified atom stereocenters. The van der Waals surface area contributed by atoms with Crippen molar-refractivity contribution in [1.29, 1.82) is 0 Å². The van der Waals surface area contributed by atoms with Crippen molar-refractivity contribution in [2.24, 2.45) is 0 Å². The zero-order valence-corrected chi connectivity index (χ0v) is 9.07. The summed E-state index contributed by atoms with van der Waals surface area (Å²) < 4.78 is 0. The van der Waals surface area contributed by atoms with Crippen molar-refractivity contribution < 1.29 is 0 Å². The van der Waals surface area contributed by atoms with Gasteiger partial charge in [-0.3, -0.25) is 5.10 Å². The summed E-state index contributed by atoms with van der Waals surface area (Å²) in [6.07, 6.45) is 5.44. The highest BCUT2D eigenvalue weighted by atomic mass is 35.5. The molecule has 0 aliphatic carbocycles. The highest BCUT2D eigenvalue weighted by molar-refractivity contribution is 6.30. The molecule has 3 nitrogen and oxygen atoms in total. The van der Waals surface area contributed by atoms with Crippen molar-refractivity contribution in [2.45, 2.75) is 0 Å². The Morgan fingerprint density at radius 1 is 1.00 bits per heavy atom. The first-order valence-electron chi connectivity index (χ1n) is 4.87. The SMILES string of the molecule is Clc1cc2cc(-c3cn[nH]c3)ccc2cn1. The van der Waals surface area contributed by atoms with Gasteiger partial charge in [0.2, 0.25) is 0 Å². The molecule has 0 fully saturated rings. The lowest BCUT2D eigenvalue weighted by Gasteiger charge is -2.01. The molecular weight excluding hydrogens is 222 g/mol. The van der Waals surface area contributed by atoms with Gasteiger partial charge in [-0.1, -0.05) is 23.7 Å². The molecule has 0 amide bonds. The Labute approximate surface area is 97.1 Å². The number of H-pyrrole nitrogens is 1. The van der Waals surface area contributed by atoms with E-state index in [4.69, 9.17) is 11.6 Å². The van der Waals surface area contributed by atoms with Crippen LogP contribution in [-0.4, -0.2) is 15.2 Å². The predicted octanol–water partition coefficient (Wildman–Crippen LogP) is 3.28. The fourth-order valence-corrected chi connectivity index (χ4v) is 1.87. The van der Waals surface area contributed by atoms with E-state index in [0.717, 1.165) is 21.9 Å². The Balaban J connectivity index is 2.22. The first-order valence-corrected chi connectivity index (χ1v) is 5.25. The van der Waals surface area contributed by atoms with Gasteiger partial charge < -0.3 is 0 Å². The van der Waals surface area contributed by atoms with Gasteiger partial charge in [-0.15, -0.1) is 0 Å². The number of nitrogens with one attached hydrogen (secondary N) is 1. The lowest BCUT2D eigenvalue weighted by molar-refractivity contribution is 1.09. The molecule has 2 aromatic heterocycles. The second-order valence-corrected chi connectivity index (χ2v) is 3.94. The zero-order chi connectivity index (χ0) is 11.0. The maximum atomic E-state index is 5.87. The zero-order valence-electron chi connectivity index (χ0n) is 8.31. The van der Waals surface area contributed by atoms with Gasteiger partial charge >= 0.3 is 0 Å². The Morgan fingerprint density at radius 2 is 1.94 bits per heavy atom. The average Bonchev–Trinajstić information content (AvgIpc) is 2.81. The summed E-state index contributed by atoms with van der Waals surface area (Å²) in [5, 5.41) is 9.41.